The molecular weight excluding hydrogens is 296 g/mol. The van der Waals surface area contributed by atoms with Crippen LogP contribution in [-0.4, -0.2) is 25.4 Å². The lowest BCUT2D eigenvalue weighted by atomic mass is 9.83. The Kier molecular flexibility index (Phi) is 4.71. The lowest BCUT2D eigenvalue weighted by Crippen LogP contribution is -2.44. The molecule has 3 heteroatoms. The molecule has 1 aliphatic heterocycles. The van der Waals surface area contributed by atoms with Crippen molar-refractivity contribution in [2.45, 2.75) is 57.9 Å². The smallest absolute Gasteiger partial charge is 0.160 e. The first kappa shape index (κ1) is 17.1. The number of carbonyl (C=O) groups excluding carboxylic acids is 1. The highest BCUT2D eigenvalue weighted by molar-refractivity contribution is 5.98. The van der Waals surface area contributed by atoms with Crippen molar-refractivity contribution >= 4 is 17.2 Å². The number of allylic oxidation sites excluding steroid dienone is 1. The van der Waals surface area contributed by atoms with E-state index in [0.717, 1.165) is 25.0 Å². The molecule has 3 rings (SSSR count). The van der Waals surface area contributed by atoms with Crippen LogP contribution in [0.25, 0.3) is 5.70 Å². The lowest BCUT2D eigenvalue weighted by Gasteiger charge is -2.36. The fourth-order valence-corrected chi connectivity index (χ4v) is 3.96. The molecule has 0 bridgehead atoms. The Morgan fingerprint density at radius 3 is 2.58 bits per heavy atom. The normalized spacial score (nSPS) is 21.9. The Morgan fingerprint density at radius 2 is 1.92 bits per heavy atom. The molecule has 1 aromatic rings. The van der Waals surface area contributed by atoms with Gasteiger partial charge in [0.1, 0.15) is 0 Å². The number of carbonyl (C=O) groups is 1. The van der Waals surface area contributed by atoms with Crippen LogP contribution in [0.2, 0.25) is 0 Å². The van der Waals surface area contributed by atoms with E-state index in [-0.39, 0.29) is 11.5 Å². The van der Waals surface area contributed by atoms with Crippen molar-refractivity contribution in [2.75, 3.05) is 19.0 Å². The minimum atomic E-state index is -0.0225. The van der Waals surface area contributed by atoms with Crippen molar-refractivity contribution < 1.29 is 4.79 Å². The molecule has 1 N–H and O–H groups in total. The van der Waals surface area contributed by atoms with Crippen LogP contribution in [0.3, 0.4) is 0 Å². The summed E-state index contributed by atoms with van der Waals surface area (Å²) in [5, 5.41) is 3.61. The van der Waals surface area contributed by atoms with Gasteiger partial charge in [-0.15, -0.1) is 0 Å². The SMILES string of the molecule is CN(C)c1ccc2c(c1)/C(=C/C(=O)C1CCCCC1)NC(C)(C)C2. The molecule has 1 aliphatic carbocycles. The average Bonchev–Trinajstić information content (AvgIpc) is 2.54. The number of hydrogen-bond acceptors (Lipinski definition) is 3. The monoisotopic (exact) mass is 326 g/mol. The van der Waals surface area contributed by atoms with E-state index >= 15 is 0 Å². The molecule has 0 radical (unpaired) electrons. The van der Waals surface area contributed by atoms with Gasteiger partial charge in [-0.25, -0.2) is 0 Å². The Bertz CT molecular complexity index is 652. The molecule has 3 nitrogen and oxygen atoms in total. The summed E-state index contributed by atoms with van der Waals surface area (Å²) in [5.74, 6) is 0.523. The van der Waals surface area contributed by atoms with Crippen LogP contribution in [0.15, 0.2) is 24.3 Å². The molecule has 1 heterocycles. The van der Waals surface area contributed by atoms with Gasteiger partial charge in [0, 0.05) is 48.6 Å². The van der Waals surface area contributed by atoms with E-state index in [4.69, 9.17) is 0 Å². The van der Waals surface area contributed by atoms with Crippen molar-refractivity contribution in [1.82, 2.24) is 5.32 Å². The molecule has 24 heavy (non-hydrogen) atoms. The largest absolute Gasteiger partial charge is 0.379 e. The topological polar surface area (TPSA) is 32.3 Å². The van der Waals surface area contributed by atoms with Crippen LogP contribution in [0.1, 0.15) is 57.1 Å². The summed E-state index contributed by atoms with van der Waals surface area (Å²) in [7, 11) is 4.11. The molecule has 130 valence electrons. The zero-order chi connectivity index (χ0) is 17.3. The van der Waals surface area contributed by atoms with E-state index in [1.165, 1.54) is 36.1 Å². The molecule has 1 saturated carbocycles. The van der Waals surface area contributed by atoms with E-state index in [9.17, 15) is 4.79 Å². The maximum absolute atomic E-state index is 12.8. The van der Waals surface area contributed by atoms with Gasteiger partial charge in [-0.05, 0) is 50.8 Å². The van der Waals surface area contributed by atoms with Gasteiger partial charge in [-0.1, -0.05) is 25.3 Å². The van der Waals surface area contributed by atoms with Crippen LogP contribution in [-0.2, 0) is 11.2 Å². The first-order chi connectivity index (χ1) is 11.4. The average molecular weight is 326 g/mol. The third kappa shape index (κ3) is 3.66. The Balaban J connectivity index is 1.96. The van der Waals surface area contributed by atoms with E-state index in [0.29, 0.717) is 5.78 Å². The summed E-state index contributed by atoms with van der Waals surface area (Å²) in [6.07, 6.45) is 8.63. The second kappa shape index (κ2) is 6.62. The second-order valence-electron chi connectivity index (χ2n) is 8.22. The van der Waals surface area contributed by atoms with Crippen molar-refractivity contribution in [3.8, 4) is 0 Å². The highest BCUT2D eigenvalue weighted by Crippen LogP contribution is 2.33. The predicted octanol–water partition coefficient (Wildman–Crippen LogP) is 4.17. The maximum atomic E-state index is 12.8. The third-order valence-corrected chi connectivity index (χ3v) is 5.30. The van der Waals surface area contributed by atoms with Crippen LogP contribution >= 0.6 is 0 Å². The van der Waals surface area contributed by atoms with Gasteiger partial charge in [0.05, 0.1) is 0 Å². The number of nitrogens with one attached hydrogen (secondary N) is 1. The zero-order valence-corrected chi connectivity index (χ0v) is 15.5. The van der Waals surface area contributed by atoms with Crippen LogP contribution < -0.4 is 10.2 Å². The van der Waals surface area contributed by atoms with E-state index in [1.54, 1.807) is 0 Å². The summed E-state index contributed by atoms with van der Waals surface area (Å²) < 4.78 is 0. The maximum Gasteiger partial charge on any atom is 0.160 e. The van der Waals surface area contributed by atoms with Crippen molar-refractivity contribution in [2.24, 2.45) is 5.92 Å². The first-order valence-corrected chi connectivity index (χ1v) is 9.20. The van der Waals surface area contributed by atoms with Crippen molar-refractivity contribution in [1.29, 1.82) is 0 Å². The van der Waals surface area contributed by atoms with Crippen LogP contribution in [0.4, 0.5) is 5.69 Å². The molecule has 0 saturated heterocycles. The van der Waals surface area contributed by atoms with Gasteiger partial charge < -0.3 is 10.2 Å². The van der Waals surface area contributed by atoms with Gasteiger partial charge in [0.2, 0.25) is 0 Å². The highest BCUT2D eigenvalue weighted by atomic mass is 16.1. The van der Waals surface area contributed by atoms with Gasteiger partial charge >= 0.3 is 0 Å². The highest BCUT2D eigenvalue weighted by Gasteiger charge is 2.29. The summed E-state index contributed by atoms with van der Waals surface area (Å²) in [5.41, 5.74) is 4.66. The van der Waals surface area contributed by atoms with Gasteiger partial charge in [-0.2, -0.15) is 0 Å². The van der Waals surface area contributed by atoms with Crippen LogP contribution in [0, 0.1) is 5.92 Å². The molecule has 0 aromatic heterocycles. The van der Waals surface area contributed by atoms with Crippen molar-refractivity contribution in [3.05, 3.63) is 35.4 Å². The number of nitrogens with zero attached hydrogens (tertiary/aromatic N) is 1. The Morgan fingerprint density at radius 1 is 1.21 bits per heavy atom. The molecule has 0 spiro atoms. The summed E-state index contributed by atoms with van der Waals surface area (Å²) in [6, 6.07) is 6.59. The van der Waals surface area contributed by atoms with E-state index < -0.39 is 0 Å². The van der Waals surface area contributed by atoms with Gasteiger partial charge in [-0.3, -0.25) is 4.79 Å². The molecule has 1 aromatic carbocycles. The second-order valence-corrected chi connectivity index (χ2v) is 8.22. The molecule has 0 unspecified atom stereocenters. The summed E-state index contributed by atoms with van der Waals surface area (Å²) in [4.78, 5) is 14.9. The number of hydrogen-bond donors (Lipinski definition) is 1. The third-order valence-electron chi connectivity index (χ3n) is 5.30. The van der Waals surface area contributed by atoms with E-state index in [1.807, 2.05) is 6.08 Å². The number of benzene rings is 1. The fraction of sp³-hybridized carbons (Fsp3) is 0.571. The molecule has 2 aliphatic rings. The first-order valence-electron chi connectivity index (χ1n) is 9.20. The van der Waals surface area contributed by atoms with E-state index in [2.05, 4.69) is 56.4 Å². The molecule has 0 atom stereocenters. The van der Waals surface area contributed by atoms with Crippen molar-refractivity contribution in [3.63, 3.8) is 0 Å². The van der Waals surface area contributed by atoms with Gasteiger partial charge in [0.25, 0.3) is 0 Å². The predicted molar refractivity (Wildman–Crippen MR) is 101 cm³/mol. The minimum absolute atomic E-state index is 0.0225. The minimum Gasteiger partial charge on any atom is -0.379 e. The quantitative estimate of drug-likeness (QED) is 0.846. The fourth-order valence-electron chi connectivity index (χ4n) is 3.96. The molecule has 1 fully saturated rings. The molecule has 0 amide bonds. The zero-order valence-electron chi connectivity index (χ0n) is 15.5. The van der Waals surface area contributed by atoms with Gasteiger partial charge in [0.15, 0.2) is 5.78 Å². The number of ketones is 1. The number of anilines is 1. The number of fused-ring (bicyclic) bond motifs is 1. The summed E-state index contributed by atoms with van der Waals surface area (Å²) >= 11 is 0. The lowest BCUT2D eigenvalue weighted by molar-refractivity contribution is -0.119. The summed E-state index contributed by atoms with van der Waals surface area (Å²) in [6.45, 7) is 4.41. The molecular formula is C21H30N2O. The standard InChI is InChI=1S/C21H30N2O/c1-21(2)14-16-10-11-17(23(3)4)12-18(16)19(22-21)13-20(24)15-8-6-5-7-9-15/h10-13,15,22H,5-9,14H2,1-4H3/b19-13-. The Hall–Kier alpha value is -1.77. The van der Waals surface area contributed by atoms with Crippen LogP contribution in [0.5, 0.6) is 0 Å². The Labute approximate surface area is 146 Å². The number of rotatable bonds is 3.